The van der Waals surface area contributed by atoms with Gasteiger partial charge in [0.15, 0.2) is 0 Å². The largest absolute Gasteiger partial charge is 0.409 e. The molecule has 0 aliphatic rings. The minimum absolute atomic E-state index is 0.230. The summed E-state index contributed by atoms with van der Waals surface area (Å²) in [7, 11) is 0. The van der Waals surface area contributed by atoms with Crippen LogP contribution in [0.15, 0.2) is 24.3 Å². The summed E-state index contributed by atoms with van der Waals surface area (Å²) in [5.74, 6) is 0. The summed E-state index contributed by atoms with van der Waals surface area (Å²) in [5.41, 5.74) is 1.25. The molecule has 0 bridgehead atoms. The molecule has 0 N–H and O–H groups in total. The number of hydrogen-bond acceptors (Lipinski definition) is 2. The van der Waals surface area contributed by atoms with Crippen LogP contribution in [0.25, 0.3) is 16.3 Å². The van der Waals surface area contributed by atoms with Crippen LogP contribution >= 0.6 is 11.3 Å². The first-order chi connectivity index (χ1) is 7.44. The summed E-state index contributed by atoms with van der Waals surface area (Å²) in [5, 5.41) is 0.909. The highest BCUT2D eigenvalue weighted by Crippen LogP contribution is 2.24. The fraction of sp³-hybridized carbons (Fsp3) is 0.182. The summed E-state index contributed by atoms with van der Waals surface area (Å²) in [6, 6.07) is 5.10. The molecular weight excluding hydrogens is 235 g/mol. The lowest BCUT2D eigenvalue weighted by atomic mass is 10.2. The van der Waals surface area contributed by atoms with E-state index in [1.807, 2.05) is 6.92 Å². The first kappa shape index (κ1) is 11.1. The molecule has 0 atom stereocenters. The number of hydrogen-bond donors (Lipinski definition) is 0. The van der Waals surface area contributed by atoms with Gasteiger partial charge in [0.25, 0.3) is 0 Å². The van der Waals surface area contributed by atoms with Gasteiger partial charge >= 0.3 is 6.18 Å². The molecule has 0 aliphatic carbocycles. The molecule has 1 nitrogen and oxygen atoms in total. The van der Waals surface area contributed by atoms with Gasteiger partial charge in [0.2, 0.25) is 0 Å². The Morgan fingerprint density at radius 3 is 2.75 bits per heavy atom. The van der Waals surface area contributed by atoms with Crippen LogP contribution in [0.1, 0.15) is 10.6 Å². The van der Waals surface area contributed by atoms with E-state index in [-0.39, 0.29) is 6.08 Å². The molecule has 0 radical (unpaired) electrons. The highest BCUT2D eigenvalue weighted by atomic mass is 32.1. The average molecular weight is 243 g/mol. The summed E-state index contributed by atoms with van der Waals surface area (Å²) in [6.07, 6.45) is -2.99. The van der Waals surface area contributed by atoms with Gasteiger partial charge in [0.05, 0.1) is 15.2 Å². The van der Waals surface area contributed by atoms with Crippen molar-refractivity contribution in [3.63, 3.8) is 0 Å². The fourth-order valence-corrected chi connectivity index (χ4v) is 2.16. The zero-order valence-corrected chi connectivity index (χ0v) is 9.19. The molecule has 2 rings (SSSR count). The number of nitrogens with zero attached hydrogens (tertiary/aromatic N) is 1. The standard InChI is InChI=1S/C11H8F3NS/c1-7-15-9-6-8(2-3-10(9)16-7)4-5-11(12,13)14/h2-6H,1H3/b5-4+. The lowest BCUT2D eigenvalue weighted by molar-refractivity contribution is -0.0790. The van der Waals surface area contributed by atoms with Crippen molar-refractivity contribution in [1.82, 2.24) is 4.98 Å². The molecule has 0 amide bonds. The Morgan fingerprint density at radius 1 is 1.31 bits per heavy atom. The minimum atomic E-state index is -4.27. The van der Waals surface area contributed by atoms with Crippen LogP contribution in [0.5, 0.6) is 0 Å². The van der Waals surface area contributed by atoms with Gasteiger partial charge in [-0.25, -0.2) is 4.98 Å². The SMILES string of the molecule is Cc1nc2cc(/C=C/C(F)(F)F)ccc2s1. The Kier molecular flexibility index (Phi) is 2.71. The monoisotopic (exact) mass is 243 g/mol. The number of halogens is 3. The summed E-state index contributed by atoms with van der Waals surface area (Å²) in [4.78, 5) is 4.22. The van der Waals surface area contributed by atoms with Crippen LogP contribution in [0, 0.1) is 6.92 Å². The van der Waals surface area contributed by atoms with E-state index in [1.54, 1.807) is 18.2 Å². The Labute approximate surface area is 94.2 Å². The lowest BCUT2D eigenvalue weighted by Gasteiger charge is -1.97. The Balaban J connectivity index is 2.36. The van der Waals surface area contributed by atoms with Crippen molar-refractivity contribution in [3.05, 3.63) is 34.8 Å². The van der Waals surface area contributed by atoms with Crippen molar-refractivity contribution in [3.8, 4) is 0 Å². The van der Waals surface area contributed by atoms with Crippen molar-refractivity contribution in [1.29, 1.82) is 0 Å². The predicted octanol–water partition coefficient (Wildman–Crippen LogP) is 4.18. The maximum absolute atomic E-state index is 12.0. The number of thiazole rings is 1. The maximum Gasteiger partial charge on any atom is 0.409 e. The molecule has 0 unspecified atom stereocenters. The quantitative estimate of drug-likeness (QED) is 0.732. The number of alkyl halides is 3. The summed E-state index contributed by atoms with van der Waals surface area (Å²) in [6.45, 7) is 1.87. The van der Waals surface area contributed by atoms with Gasteiger partial charge < -0.3 is 0 Å². The van der Waals surface area contributed by atoms with Crippen molar-refractivity contribution in [2.75, 3.05) is 0 Å². The Morgan fingerprint density at radius 2 is 2.06 bits per heavy atom. The highest BCUT2D eigenvalue weighted by Gasteiger charge is 2.21. The number of aryl methyl sites for hydroxylation is 1. The minimum Gasteiger partial charge on any atom is -0.241 e. The van der Waals surface area contributed by atoms with E-state index in [2.05, 4.69) is 4.98 Å². The van der Waals surface area contributed by atoms with E-state index >= 15 is 0 Å². The third-order valence-electron chi connectivity index (χ3n) is 1.98. The fourth-order valence-electron chi connectivity index (χ4n) is 1.35. The van der Waals surface area contributed by atoms with Gasteiger partial charge in [-0.1, -0.05) is 12.1 Å². The van der Waals surface area contributed by atoms with Crippen LogP contribution < -0.4 is 0 Å². The third kappa shape index (κ3) is 2.61. The molecule has 0 spiro atoms. The van der Waals surface area contributed by atoms with Gasteiger partial charge in [-0.3, -0.25) is 0 Å². The van der Waals surface area contributed by atoms with E-state index < -0.39 is 6.18 Å². The lowest BCUT2D eigenvalue weighted by Crippen LogP contribution is -1.99. The van der Waals surface area contributed by atoms with Gasteiger partial charge in [0, 0.05) is 6.08 Å². The Bertz CT molecular complexity index is 540. The molecule has 16 heavy (non-hydrogen) atoms. The zero-order valence-electron chi connectivity index (χ0n) is 8.38. The second-order valence-electron chi connectivity index (χ2n) is 3.33. The van der Waals surface area contributed by atoms with E-state index in [1.165, 1.54) is 11.3 Å². The smallest absolute Gasteiger partial charge is 0.241 e. The van der Waals surface area contributed by atoms with Gasteiger partial charge in [-0.2, -0.15) is 13.2 Å². The molecular formula is C11H8F3NS. The molecule has 5 heteroatoms. The van der Waals surface area contributed by atoms with Crippen molar-refractivity contribution < 1.29 is 13.2 Å². The van der Waals surface area contributed by atoms with E-state index in [0.717, 1.165) is 21.3 Å². The van der Waals surface area contributed by atoms with Crippen LogP contribution in [-0.2, 0) is 0 Å². The van der Waals surface area contributed by atoms with Crippen molar-refractivity contribution in [2.45, 2.75) is 13.1 Å². The molecule has 2 aromatic rings. The van der Waals surface area contributed by atoms with Gasteiger partial charge in [-0.05, 0) is 24.6 Å². The molecule has 0 saturated carbocycles. The van der Waals surface area contributed by atoms with E-state index in [9.17, 15) is 13.2 Å². The summed E-state index contributed by atoms with van der Waals surface area (Å²) < 4.78 is 36.9. The molecule has 1 aromatic carbocycles. The Hall–Kier alpha value is -1.36. The number of benzene rings is 1. The maximum atomic E-state index is 12.0. The molecule has 1 aromatic heterocycles. The third-order valence-corrected chi connectivity index (χ3v) is 2.94. The molecule has 1 heterocycles. The van der Waals surface area contributed by atoms with E-state index in [0.29, 0.717) is 5.56 Å². The van der Waals surface area contributed by atoms with E-state index in [4.69, 9.17) is 0 Å². The second-order valence-corrected chi connectivity index (χ2v) is 4.57. The number of aromatic nitrogens is 1. The average Bonchev–Trinajstić information content (AvgIpc) is 2.52. The number of fused-ring (bicyclic) bond motifs is 1. The molecule has 84 valence electrons. The van der Waals surface area contributed by atoms with Crippen molar-refractivity contribution >= 4 is 27.6 Å². The van der Waals surface area contributed by atoms with Gasteiger partial charge in [-0.15, -0.1) is 11.3 Å². The predicted molar refractivity (Wildman–Crippen MR) is 59.4 cm³/mol. The second kappa shape index (κ2) is 3.90. The molecule has 0 saturated heterocycles. The van der Waals surface area contributed by atoms with Crippen molar-refractivity contribution in [2.24, 2.45) is 0 Å². The number of allylic oxidation sites excluding steroid dienone is 1. The number of rotatable bonds is 1. The molecule has 0 fully saturated rings. The van der Waals surface area contributed by atoms with Crippen LogP contribution in [0.3, 0.4) is 0 Å². The first-order valence-corrected chi connectivity index (χ1v) is 5.39. The van der Waals surface area contributed by atoms with Crippen LogP contribution in [-0.4, -0.2) is 11.2 Å². The molecule has 0 aliphatic heterocycles. The zero-order chi connectivity index (χ0) is 11.8. The highest BCUT2D eigenvalue weighted by molar-refractivity contribution is 7.18. The topological polar surface area (TPSA) is 12.9 Å². The first-order valence-electron chi connectivity index (χ1n) is 4.57. The normalized spacial score (nSPS) is 12.8. The summed E-state index contributed by atoms with van der Waals surface area (Å²) >= 11 is 1.53. The van der Waals surface area contributed by atoms with Gasteiger partial charge in [0.1, 0.15) is 0 Å². The van der Waals surface area contributed by atoms with Crippen LogP contribution in [0.4, 0.5) is 13.2 Å². The van der Waals surface area contributed by atoms with Crippen LogP contribution in [0.2, 0.25) is 0 Å².